The van der Waals surface area contributed by atoms with E-state index in [0.29, 0.717) is 11.3 Å². The molecule has 3 rings (SSSR count). The second-order valence-corrected chi connectivity index (χ2v) is 4.61. The summed E-state index contributed by atoms with van der Waals surface area (Å²) < 4.78 is 14.2. The Bertz CT molecular complexity index is 446. The van der Waals surface area contributed by atoms with Crippen LogP contribution < -0.4 is 5.32 Å². The van der Waals surface area contributed by atoms with Gasteiger partial charge in [0.25, 0.3) is 0 Å². The number of anilines is 1. The number of rotatable bonds is 0. The quantitative estimate of drug-likeness (QED) is 0.759. The molecule has 0 spiro atoms. The smallest absolute Gasteiger partial charge is 0.228 e. The second kappa shape index (κ2) is 2.57. The maximum absolute atomic E-state index is 13.5. The van der Waals surface area contributed by atoms with E-state index in [2.05, 4.69) is 21.2 Å². The topological polar surface area (TPSA) is 29.1 Å². The zero-order chi connectivity index (χ0) is 9.87. The monoisotopic (exact) mass is 255 g/mol. The summed E-state index contributed by atoms with van der Waals surface area (Å²) in [6.07, 6.45) is 0.784. The molecule has 1 fully saturated rings. The second-order valence-electron chi connectivity index (χ2n) is 3.76. The van der Waals surface area contributed by atoms with Gasteiger partial charge in [-0.15, -0.1) is 0 Å². The molecule has 14 heavy (non-hydrogen) atoms. The predicted molar refractivity (Wildman–Crippen MR) is 53.6 cm³/mol. The fourth-order valence-corrected chi connectivity index (χ4v) is 2.52. The first-order valence-electron chi connectivity index (χ1n) is 4.47. The van der Waals surface area contributed by atoms with Gasteiger partial charge in [-0.2, -0.15) is 0 Å². The molecule has 1 aromatic carbocycles. The highest BCUT2D eigenvalue weighted by molar-refractivity contribution is 9.10. The van der Waals surface area contributed by atoms with Gasteiger partial charge in [-0.25, -0.2) is 4.39 Å². The van der Waals surface area contributed by atoms with Gasteiger partial charge in [-0.05, 0) is 34.5 Å². The van der Waals surface area contributed by atoms with Crippen LogP contribution in [0.25, 0.3) is 0 Å². The lowest BCUT2D eigenvalue weighted by Crippen LogP contribution is -2.20. The Hall–Kier alpha value is -0.900. The third kappa shape index (κ3) is 0.974. The summed E-state index contributed by atoms with van der Waals surface area (Å²) in [4.78, 5) is 11.4. The normalized spacial score (nSPS) is 27.7. The van der Waals surface area contributed by atoms with Crippen LogP contribution in [0.5, 0.6) is 0 Å². The van der Waals surface area contributed by atoms with Crippen LogP contribution in [-0.2, 0) is 4.79 Å². The summed E-state index contributed by atoms with van der Waals surface area (Å²) in [5, 5.41) is 2.73. The molecule has 0 aromatic heterocycles. The molecular weight excluding hydrogens is 249 g/mol. The SMILES string of the molecule is O=C1Nc2c(Br)ccc(F)c2C2CC12. The van der Waals surface area contributed by atoms with Crippen LogP contribution >= 0.6 is 15.9 Å². The van der Waals surface area contributed by atoms with E-state index in [9.17, 15) is 9.18 Å². The average Bonchev–Trinajstić information content (AvgIpc) is 2.91. The minimum Gasteiger partial charge on any atom is -0.324 e. The first kappa shape index (κ1) is 8.41. The highest BCUT2D eigenvalue weighted by Crippen LogP contribution is 2.55. The molecule has 72 valence electrons. The predicted octanol–water partition coefficient (Wildman–Crippen LogP) is 2.64. The van der Waals surface area contributed by atoms with Crippen molar-refractivity contribution in [1.29, 1.82) is 0 Å². The summed E-state index contributed by atoms with van der Waals surface area (Å²) in [6.45, 7) is 0. The summed E-state index contributed by atoms with van der Waals surface area (Å²) in [7, 11) is 0. The minimum atomic E-state index is -0.212. The van der Waals surface area contributed by atoms with Crippen molar-refractivity contribution in [1.82, 2.24) is 0 Å². The van der Waals surface area contributed by atoms with Crippen LogP contribution in [0.15, 0.2) is 16.6 Å². The van der Waals surface area contributed by atoms with Crippen molar-refractivity contribution < 1.29 is 9.18 Å². The van der Waals surface area contributed by atoms with Gasteiger partial charge in [0.1, 0.15) is 5.82 Å². The highest BCUT2D eigenvalue weighted by Gasteiger charge is 2.50. The Morgan fingerprint density at radius 1 is 1.43 bits per heavy atom. The Labute approximate surface area is 88.6 Å². The largest absolute Gasteiger partial charge is 0.324 e. The number of carbonyl (C=O) groups excluding carboxylic acids is 1. The number of fused-ring (bicyclic) bond motifs is 3. The molecule has 4 heteroatoms. The third-order valence-corrected chi connectivity index (χ3v) is 3.55. The molecule has 1 aromatic rings. The van der Waals surface area contributed by atoms with E-state index < -0.39 is 0 Å². The molecule has 2 atom stereocenters. The van der Waals surface area contributed by atoms with Crippen LogP contribution in [0.2, 0.25) is 0 Å². The summed E-state index contributed by atoms with van der Waals surface area (Å²) in [5.41, 5.74) is 1.29. The van der Waals surface area contributed by atoms with E-state index in [4.69, 9.17) is 0 Å². The van der Waals surface area contributed by atoms with Gasteiger partial charge in [0, 0.05) is 21.9 Å². The number of nitrogens with one attached hydrogen (secondary N) is 1. The maximum atomic E-state index is 13.5. The molecule has 0 bridgehead atoms. The van der Waals surface area contributed by atoms with E-state index in [1.54, 1.807) is 6.07 Å². The Kier molecular flexibility index (Phi) is 1.54. The summed E-state index contributed by atoms with van der Waals surface area (Å²) in [5.74, 6) is -0.0768. The van der Waals surface area contributed by atoms with Crippen molar-refractivity contribution in [3.8, 4) is 0 Å². The molecule has 1 saturated carbocycles. The van der Waals surface area contributed by atoms with E-state index in [-0.39, 0.29) is 23.6 Å². The summed E-state index contributed by atoms with van der Waals surface area (Å²) in [6, 6.07) is 3.06. The van der Waals surface area contributed by atoms with E-state index in [1.165, 1.54) is 6.07 Å². The number of amides is 1. The van der Waals surface area contributed by atoms with Gasteiger partial charge in [0.05, 0.1) is 5.69 Å². The van der Waals surface area contributed by atoms with Crippen LogP contribution in [0.4, 0.5) is 10.1 Å². The van der Waals surface area contributed by atoms with Crippen LogP contribution in [-0.4, -0.2) is 5.91 Å². The third-order valence-electron chi connectivity index (χ3n) is 2.89. The van der Waals surface area contributed by atoms with Crippen LogP contribution in [0.3, 0.4) is 0 Å². The first-order chi connectivity index (χ1) is 6.68. The Morgan fingerprint density at radius 3 is 3.00 bits per heavy atom. The van der Waals surface area contributed by atoms with Crippen molar-refractivity contribution in [2.75, 3.05) is 5.32 Å². The van der Waals surface area contributed by atoms with Crippen LogP contribution in [0.1, 0.15) is 17.9 Å². The number of hydrogen-bond acceptors (Lipinski definition) is 1. The van der Waals surface area contributed by atoms with E-state index in [1.807, 2.05) is 0 Å². The highest BCUT2D eigenvalue weighted by atomic mass is 79.9. The van der Waals surface area contributed by atoms with Gasteiger partial charge in [0.2, 0.25) is 5.91 Å². The van der Waals surface area contributed by atoms with Crippen molar-refractivity contribution in [3.63, 3.8) is 0 Å². The minimum absolute atomic E-state index is 0.00583. The lowest BCUT2D eigenvalue weighted by Gasteiger charge is -2.17. The maximum Gasteiger partial charge on any atom is 0.228 e. The molecular formula is C10H7BrFNO. The molecule has 1 aliphatic heterocycles. The van der Waals surface area contributed by atoms with Gasteiger partial charge >= 0.3 is 0 Å². The molecule has 2 aliphatic rings. The lowest BCUT2D eigenvalue weighted by molar-refractivity contribution is -0.117. The molecule has 1 heterocycles. The molecule has 1 aliphatic carbocycles. The number of carbonyl (C=O) groups is 1. The van der Waals surface area contributed by atoms with E-state index in [0.717, 1.165) is 10.9 Å². The van der Waals surface area contributed by atoms with Crippen molar-refractivity contribution >= 4 is 27.5 Å². The zero-order valence-corrected chi connectivity index (χ0v) is 8.77. The van der Waals surface area contributed by atoms with Crippen LogP contribution in [0, 0.1) is 11.7 Å². The average molecular weight is 256 g/mol. The van der Waals surface area contributed by atoms with E-state index >= 15 is 0 Å². The van der Waals surface area contributed by atoms with Crippen molar-refractivity contribution in [3.05, 3.63) is 28.0 Å². The van der Waals surface area contributed by atoms with Gasteiger partial charge in [0.15, 0.2) is 0 Å². The number of halogens is 2. The van der Waals surface area contributed by atoms with Crippen molar-refractivity contribution in [2.24, 2.45) is 5.92 Å². The van der Waals surface area contributed by atoms with Gasteiger partial charge in [-0.1, -0.05) is 0 Å². The standard InChI is InChI=1S/C10H7BrFNO/c11-6-1-2-7(12)8-4-3-5(4)10(14)13-9(6)8/h1-2,4-5H,3H2,(H,13,14). The lowest BCUT2D eigenvalue weighted by atomic mass is 10.0. The summed E-state index contributed by atoms with van der Waals surface area (Å²) >= 11 is 3.31. The molecule has 0 saturated heterocycles. The molecule has 1 amide bonds. The zero-order valence-electron chi connectivity index (χ0n) is 7.18. The molecule has 0 radical (unpaired) electrons. The molecule has 2 unspecified atom stereocenters. The Balaban J connectivity index is 2.24. The fourth-order valence-electron chi connectivity index (χ4n) is 2.08. The molecule has 1 N–H and O–H groups in total. The van der Waals surface area contributed by atoms with Crippen molar-refractivity contribution in [2.45, 2.75) is 12.3 Å². The van der Waals surface area contributed by atoms with Gasteiger partial charge in [-0.3, -0.25) is 4.79 Å². The number of hydrogen-bond donors (Lipinski definition) is 1. The first-order valence-corrected chi connectivity index (χ1v) is 5.26. The molecule has 2 nitrogen and oxygen atoms in total. The number of benzene rings is 1. The Morgan fingerprint density at radius 2 is 2.21 bits per heavy atom. The fraction of sp³-hybridized carbons (Fsp3) is 0.300. The van der Waals surface area contributed by atoms with Gasteiger partial charge < -0.3 is 5.32 Å².